The average molecular weight is 691 g/mol. The van der Waals surface area contributed by atoms with E-state index in [9.17, 15) is 0 Å². The van der Waals surface area contributed by atoms with Crippen LogP contribution in [0.1, 0.15) is 27.7 Å². The molecule has 4 nitrogen and oxygen atoms in total. The number of amidine groups is 2. The van der Waals surface area contributed by atoms with E-state index in [0.29, 0.717) is 0 Å². The summed E-state index contributed by atoms with van der Waals surface area (Å²) < 4.78 is 0. The minimum atomic E-state index is -0.903. The number of benzene rings is 6. The monoisotopic (exact) mass is 690 g/mol. The van der Waals surface area contributed by atoms with Gasteiger partial charge in [0.25, 0.3) is 0 Å². The van der Waals surface area contributed by atoms with Gasteiger partial charge in [0, 0.05) is 33.5 Å². The fourth-order valence-corrected chi connectivity index (χ4v) is 10.3. The molecule has 0 saturated carbocycles. The molecule has 0 radical (unpaired) electrons. The summed E-state index contributed by atoms with van der Waals surface area (Å²) in [6.07, 6.45) is 0. The first-order valence-electron chi connectivity index (χ1n) is 17.2. The molecule has 0 aliphatic heterocycles. The van der Waals surface area contributed by atoms with Crippen LogP contribution in [0.15, 0.2) is 180 Å². The number of nitrogens with zero attached hydrogens (tertiary/aromatic N) is 2. The predicted molar refractivity (Wildman–Crippen MR) is 221 cm³/mol. The molecule has 0 aliphatic carbocycles. The largest absolute Gasteiger partial charge is 0.367 e. The van der Waals surface area contributed by atoms with Gasteiger partial charge in [-0.05, 0) is 72.7 Å². The highest BCUT2D eigenvalue weighted by Crippen LogP contribution is 2.40. The second kappa shape index (κ2) is 17.2. The van der Waals surface area contributed by atoms with E-state index in [1.54, 1.807) is 0 Å². The lowest BCUT2D eigenvalue weighted by molar-refractivity contribution is 0.740. The van der Waals surface area contributed by atoms with Crippen molar-refractivity contribution in [3.8, 4) is 11.1 Å². The Labute approximate surface area is 300 Å². The van der Waals surface area contributed by atoms with Gasteiger partial charge in [-0.3, -0.25) is 0 Å². The Balaban J connectivity index is 1.39. The van der Waals surface area contributed by atoms with Crippen LogP contribution in [0.4, 0.5) is 11.4 Å². The SMILES string of the molecule is CC(C)N/C(=N/c1ccccc1-c1ccc(/N=C(\NC(C)C)P(c2ccccc2)c2ccccc2)cc1)P(c1ccccc1)c1ccccc1. The highest BCUT2D eigenvalue weighted by atomic mass is 31.1. The topological polar surface area (TPSA) is 48.8 Å². The van der Waals surface area contributed by atoms with Gasteiger partial charge in [-0.25, -0.2) is 9.98 Å². The summed E-state index contributed by atoms with van der Waals surface area (Å²) in [5.41, 5.74) is 6.01. The number of rotatable bonds is 11. The fraction of sp³-hybridized carbons (Fsp3) is 0.136. The zero-order valence-electron chi connectivity index (χ0n) is 29.1. The van der Waals surface area contributed by atoms with Crippen molar-refractivity contribution in [2.45, 2.75) is 39.8 Å². The van der Waals surface area contributed by atoms with Crippen molar-refractivity contribution in [1.82, 2.24) is 10.6 Å². The van der Waals surface area contributed by atoms with E-state index < -0.39 is 15.8 Å². The maximum Gasteiger partial charge on any atom is 0.134 e. The first-order valence-corrected chi connectivity index (χ1v) is 19.8. The van der Waals surface area contributed by atoms with Crippen molar-refractivity contribution in [3.05, 3.63) is 170 Å². The van der Waals surface area contributed by atoms with Crippen LogP contribution in [-0.2, 0) is 0 Å². The molecule has 0 spiro atoms. The predicted octanol–water partition coefficient (Wildman–Crippen LogP) is 9.59. The summed E-state index contributed by atoms with van der Waals surface area (Å²) in [5, 5.41) is 12.5. The molecular weight excluding hydrogens is 646 g/mol. The standard InChI is InChI=1S/C44H44N4P2/c1-33(2)45-43(49(37-19-9-5-10-20-37)38-21-11-6-12-22-38)47-36-31-29-35(30-32-36)41-27-17-18-28-42(41)48-44(46-34(3)4)50(39-23-13-7-14-24-39)40-25-15-8-16-26-40/h5-34H,1-4H3,(H,45,47)(H,46,48). The summed E-state index contributed by atoms with van der Waals surface area (Å²) in [5.74, 6) is 0. The number of nitrogens with one attached hydrogen (secondary N) is 2. The molecule has 0 unspecified atom stereocenters. The molecule has 50 heavy (non-hydrogen) atoms. The van der Waals surface area contributed by atoms with E-state index in [1.165, 1.54) is 21.2 Å². The van der Waals surface area contributed by atoms with Crippen molar-refractivity contribution in [2.75, 3.05) is 0 Å². The summed E-state index contributed by atoms with van der Waals surface area (Å²) in [6, 6.07) is 60.4. The minimum absolute atomic E-state index is 0.224. The van der Waals surface area contributed by atoms with E-state index in [2.05, 4.69) is 208 Å². The Morgan fingerprint density at radius 3 is 1.18 bits per heavy atom. The molecule has 0 atom stereocenters. The smallest absolute Gasteiger partial charge is 0.134 e. The Hall–Kier alpha value is -4.88. The van der Waals surface area contributed by atoms with Crippen LogP contribution < -0.4 is 31.9 Å². The molecule has 6 heteroatoms. The van der Waals surface area contributed by atoms with Crippen LogP contribution in [0.25, 0.3) is 11.1 Å². The van der Waals surface area contributed by atoms with Crippen LogP contribution >= 0.6 is 15.8 Å². The van der Waals surface area contributed by atoms with Gasteiger partial charge in [-0.15, -0.1) is 0 Å². The van der Waals surface area contributed by atoms with Gasteiger partial charge in [0.2, 0.25) is 0 Å². The Morgan fingerprint density at radius 1 is 0.420 bits per heavy atom. The van der Waals surface area contributed by atoms with Gasteiger partial charge in [-0.1, -0.05) is 152 Å². The Kier molecular flexibility index (Phi) is 12.0. The molecule has 0 amide bonds. The third kappa shape index (κ3) is 9.01. The third-order valence-electron chi connectivity index (χ3n) is 7.86. The van der Waals surface area contributed by atoms with Crippen molar-refractivity contribution in [3.63, 3.8) is 0 Å². The lowest BCUT2D eigenvalue weighted by Gasteiger charge is -2.24. The van der Waals surface area contributed by atoms with E-state index in [-0.39, 0.29) is 12.1 Å². The van der Waals surface area contributed by atoms with Gasteiger partial charge >= 0.3 is 0 Å². The molecular formula is C44H44N4P2. The molecule has 0 saturated heterocycles. The fourth-order valence-electron chi connectivity index (χ4n) is 5.67. The number of para-hydroxylation sites is 1. The highest BCUT2D eigenvalue weighted by molar-refractivity contribution is 7.88. The number of hydrogen-bond acceptors (Lipinski definition) is 2. The van der Waals surface area contributed by atoms with Crippen LogP contribution in [0, 0.1) is 0 Å². The van der Waals surface area contributed by atoms with Crippen LogP contribution in [0.5, 0.6) is 0 Å². The first kappa shape index (κ1) is 35.0. The molecule has 6 aromatic carbocycles. The molecule has 0 fully saturated rings. The zero-order valence-corrected chi connectivity index (χ0v) is 30.9. The quantitative estimate of drug-likeness (QED) is 0.0809. The summed E-state index contributed by atoms with van der Waals surface area (Å²) >= 11 is 0. The highest BCUT2D eigenvalue weighted by Gasteiger charge is 2.23. The second-order valence-corrected chi connectivity index (χ2v) is 16.8. The molecule has 6 rings (SSSR count). The maximum atomic E-state index is 5.42. The van der Waals surface area contributed by atoms with Crippen molar-refractivity contribution in [1.29, 1.82) is 0 Å². The van der Waals surface area contributed by atoms with Crippen molar-refractivity contribution >= 4 is 59.6 Å². The Morgan fingerprint density at radius 2 is 0.780 bits per heavy atom. The van der Waals surface area contributed by atoms with Gasteiger partial charge in [-0.2, -0.15) is 0 Å². The van der Waals surface area contributed by atoms with Gasteiger partial charge in [0.1, 0.15) is 11.2 Å². The van der Waals surface area contributed by atoms with Gasteiger partial charge in [0.05, 0.1) is 11.4 Å². The lowest BCUT2D eigenvalue weighted by Crippen LogP contribution is -2.34. The second-order valence-electron chi connectivity index (χ2n) is 12.5. The van der Waals surface area contributed by atoms with Gasteiger partial charge < -0.3 is 10.6 Å². The molecule has 0 aromatic heterocycles. The van der Waals surface area contributed by atoms with E-state index in [4.69, 9.17) is 9.98 Å². The molecule has 250 valence electrons. The van der Waals surface area contributed by atoms with Crippen LogP contribution in [0.2, 0.25) is 0 Å². The number of hydrogen-bond donors (Lipinski definition) is 2. The van der Waals surface area contributed by atoms with Crippen molar-refractivity contribution in [2.24, 2.45) is 9.98 Å². The van der Waals surface area contributed by atoms with Crippen LogP contribution in [-0.4, -0.2) is 23.2 Å². The summed E-state index contributed by atoms with van der Waals surface area (Å²) in [7, 11) is -1.78. The van der Waals surface area contributed by atoms with E-state index in [0.717, 1.165) is 33.7 Å². The van der Waals surface area contributed by atoms with E-state index >= 15 is 0 Å². The molecule has 6 aromatic rings. The molecule has 2 N–H and O–H groups in total. The minimum Gasteiger partial charge on any atom is -0.367 e. The lowest BCUT2D eigenvalue weighted by atomic mass is 10.0. The maximum absolute atomic E-state index is 5.42. The molecule has 0 aliphatic rings. The third-order valence-corrected chi connectivity index (χ3v) is 12.4. The number of aliphatic imine (C=N–C) groups is 2. The zero-order chi connectivity index (χ0) is 34.7. The van der Waals surface area contributed by atoms with Gasteiger partial charge in [0.15, 0.2) is 0 Å². The summed E-state index contributed by atoms with van der Waals surface area (Å²) in [6.45, 7) is 8.69. The van der Waals surface area contributed by atoms with Crippen LogP contribution in [0.3, 0.4) is 0 Å². The molecule has 0 bridgehead atoms. The average Bonchev–Trinajstić information content (AvgIpc) is 3.14. The Bertz CT molecular complexity index is 1920. The van der Waals surface area contributed by atoms with E-state index in [1.807, 2.05) is 0 Å². The first-order chi connectivity index (χ1) is 24.5. The van der Waals surface area contributed by atoms with Crippen molar-refractivity contribution < 1.29 is 0 Å². The normalized spacial score (nSPS) is 12.2. The molecule has 0 heterocycles. The summed E-state index contributed by atoms with van der Waals surface area (Å²) in [4.78, 5) is 10.7.